The zero-order chi connectivity index (χ0) is 13.9. The van der Waals surface area contributed by atoms with E-state index in [0.29, 0.717) is 0 Å². The Kier molecular flexibility index (Phi) is 12.7. The minimum atomic E-state index is 0. The van der Waals surface area contributed by atoms with Gasteiger partial charge in [-0.15, -0.1) is 24.0 Å². The fourth-order valence-corrected chi connectivity index (χ4v) is 1.95. The van der Waals surface area contributed by atoms with E-state index in [4.69, 9.17) is 4.74 Å². The first-order chi connectivity index (χ1) is 9.30. The summed E-state index contributed by atoms with van der Waals surface area (Å²) in [5, 5.41) is 6.72. The van der Waals surface area contributed by atoms with E-state index in [1.807, 2.05) is 7.05 Å². The van der Waals surface area contributed by atoms with Crippen LogP contribution in [0.1, 0.15) is 46.0 Å². The van der Waals surface area contributed by atoms with Gasteiger partial charge >= 0.3 is 0 Å². The topological polar surface area (TPSA) is 45.7 Å². The Labute approximate surface area is 141 Å². The molecule has 1 saturated carbocycles. The average Bonchev–Trinajstić information content (AvgIpc) is 3.25. The number of nitrogens with one attached hydrogen (secondary N) is 2. The molecule has 0 aliphatic heterocycles. The lowest BCUT2D eigenvalue weighted by Gasteiger charge is -2.16. The van der Waals surface area contributed by atoms with Crippen molar-refractivity contribution in [1.29, 1.82) is 0 Å². The molecule has 120 valence electrons. The van der Waals surface area contributed by atoms with E-state index in [9.17, 15) is 0 Å². The predicted octanol–water partition coefficient (Wildman–Crippen LogP) is 3.02. The highest BCUT2D eigenvalue weighted by atomic mass is 127. The zero-order valence-corrected chi connectivity index (χ0v) is 15.6. The second-order valence-corrected chi connectivity index (χ2v) is 5.43. The quantitative estimate of drug-likeness (QED) is 0.258. The molecular weight excluding hydrogens is 365 g/mol. The fraction of sp³-hybridized carbons (Fsp3) is 0.933. The predicted molar refractivity (Wildman–Crippen MR) is 97.0 cm³/mol. The number of aliphatic imine (C=N–C) groups is 1. The second kappa shape index (κ2) is 12.7. The molecule has 1 aliphatic carbocycles. The molecule has 0 bridgehead atoms. The maximum absolute atomic E-state index is 5.61. The normalized spacial score (nSPS) is 15.1. The van der Waals surface area contributed by atoms with Crippen LogP contribution in [0, 0.1) is 11.8 Å². The summed E-state index contributed by atoms with van der Waals surface area (Å²) in [6.07, 6.45) is 6.21. The molecule has 0 aromatic carbocycles. The molecule has 0 unspecified atom stereocenters. The molecule has 2 N–H and O–H groups in total. The molecule has 0 saturated heterocycles. The van der Waals surface area contributed by atoms with E-state index in [1.54, 1.807) is 0 Å². The van der Waals surface area contributed by atoms with Crippen LogP contribution in [0.5, 0.6) is 0 Å². The van der Waals surface area contributed by atoms with Crippen LogP contribution in [-0.2, 0) is 4.74 Å². The van der Waals surface area contributed by atoms with E-state index < -0.39 is 0 Å². The fourth-order valence-electron chi connectivity index (χ4n) is 1.95. The molecule has 0 spiro atoms. The van der Waals surface area contributed by atoms with Gasteiger partial charge in [-0.05, 0) is 31.1 Å². The molecule has 5 heteroatoms. The molecule has 0 amide bonds. The summed E-state index contributed by atoms with van der Waals surface area (Å²) < 4.78 is 5.61. The number of guanidine groups is 1. The van der Waals surface area contributed by atoms with Gasteiger partial charge in [0.1, 0.15) is 0 Å². The first-order valence-corrected chi connectivity index (χ1v) is 7.82. The standard InChI is InChI=1S/C15H31N3O.HI/c1-4-13(5-2)11-18-15(16-3)17-9-6-10-19-12-14-7-8-14;/h13-14H,4-12H2,1-3H3,(H2,16,17,18);1H. The van der Waals surface area contributed by atoms with Gasteiger partial charge in [0.2, 0.25) is 0 Å². The highest BCUT2D eigenvalue weighted by molar-refractivity contribution is 14.0. The van der Waals surface area contributed by atoms with Gasteiger partial charge in [0, 0.05) is 33.4 Å². The lowest BCUT2D eigenvalue weighted by molar-refractivity contribution is 0.123. The van der Waals surface area contributed by atoms with Gasteiger partial charge in [-0.25, -0.2) is 0 Å². The van der Waals surface area contributed by atoms with Crippen LogP contribution < -0.4 is 10.6 Å². The summed E-state index contributed by atoms with van der Waals surface area (Å²) in [5.41, 5.74) is 0. The lowest BCUT2D eigenvalue weighted by Crippen LogP contribution is -2.40. The molecule has 1 aliphatic rings. The summed E-state index contributed by atoms with van der Waals surface area (Å²) in [7, 11) is 1.83. The third-order valence-corrected chi connectivity index (χ3v) is 3.74. The zero-order valence-electron chi connectivity index (χ0n) is 13.3. The van der Waals surface area contributed by atoms with E-state index in [-0.39, 0.29) is 24.0 Å². The molecule has 1 fully saturated rings. The van der Waals surface area contributed by atoms with Crippen LogP contribution >= 0.6 is 24.0 Å². The monoisotopic (exact) mass is 397 g/mol. The van der Waals surface area contributed by atoms with Gasteiger partial charge in [-0.2, -0.15) is 0 Å². The van der Waals surface area contributed by atoms with Gasteiger partial charge in [0.25, 0.3) is 0 Å². The van der Waals surface area contributed by atoms with Crippen molar-refractivity contribution in [2.75, 3.05) is 33.4 Å². The number of rotatable bonds is 10. The molecule has 20 heavy (non-hydrogen) atoms. The highest BCUT2D eigenvalue weighted by Gasteiger charge is 2.20. The molecule has 0 radical (unpaired) electrons. The van der Waals surface area contributed by atoms with Crippen molar-refractivity contribution in [3.8, 4) is 0 Å². The van der Waals surface area contributed by atoms with E-state index in [0.717, 1.165) is 50.5 Å². The minimum absolute atomic E-state index is 0. The number of ether oxygens (including phenoxy) is 1. The SMILES string of the molecule is CCC(CC)CNC(=NC)NCCCOCC1CC1.I. The van der Waals surface area contributed by atoms with E-state index in [1.165, 1.54) is 25.7 Å². The van der Waals surface area contributed by atoms with Crippen molar-refractivity contribution in [1.82, 2.24) is 10.6 Å². The summed E-state index contributed by atoms with van der Waals surface area (Å²) in [6.45, 7) is 8.22. The van der Waals surface area contributed by atoms with Crippen LogP contribution in [0.3, 0.4) is 0 Å². The first kappa shape index (κ1) is 20.0. The molecule has 0 aromatic rings. The average molecular weight is 397 g/mol. The third kappa shape index (κ3) is 9.80. The maximum atomic E-state index is 5.61. The summed E-state index contributed by atoms with van der Waals surface area (Å²) in [6, 6.07) is 0. The lowest BCUT2D eigenvalue weighted by atomic mass is 10.0. The molecule has 0 heterocycles. The van der Waals surface area contributed by atoms with Crippen molar-refractivity contribution in [2.45, 2.75) is 46.0 Å². The van der Waals surface area contributed by atoms with Crippen molar-refractivity contribution in [3.63, 3.8) is 0 Å². The van der Waals surface area contributed by atoms with Gasteiger partial charge in [-0.1, -0.05) is 26.7 Å². The van der Waals surface area contributed by atoms with Crippen molar-refractivity contribution < 1.29 is 4.74 Å². The Morgan fingerprint density at radius 2 is 1.95 bits per heavy atom. The van der Waals surface area contributed by atoms with Crippen LogP contribution in [0.25, 0.3) is 0 Å². The van der Waals surface area contributed by atoms with Crippen LogP contribution in [0.2, 0.25) is 0 Å². The van der Waals surface area contributed by atoms with E-state index in [2.05, 4.69) is 29.5 Å². The Balaban J connectivity index is 0.00000361. The molecule has 1 rings (SSSR count). The number of nitrogens with zero attached hydrogens (tertiary/aromatic N) is 1. The van der Waals surface area contributed by atoms with Crippen molar-refractivity contribution >= 4 is 29.9 Å². The number of hydrogen-bond acceptors (Lipinski definition) is 2. The van der Waals surface area contributed by atoms with Crippen molar-refractivity contribution in [3.05, 3.63) is 0 Å². The smallest absolute Gasteiger partial charge is 0.190 e. The summed E-state index contributed by atoms with van der Waals surface area (Å²) in [5.74, 6) is 2.51. The second-order valence-electron chi connectivity index (χ2n) is 5.43. The number of halogens is 1. The Hall–Kier alpha value is -0.0400. The van der Waals surface area contributed by atoms with Crippen LogP contribution in [0.15, 0.2) is 4.99 Å². The molecule has 0 aromatic heterocycles. The van der Waals surface area contributed by atoms with Crippen molar-refractivity contribution in [2.24, 2.45) is 16.8 Å². The van der Waals surface area contributed by atoms with Gasteiger partial charge in [0.05, 0.1) is 0 Å². The molecule has 4 nitrogen and oxygen atoms in total. The van der Waals surface area contributed by atoms with Gasteiger partial charge < -0.3 is 15.4 Å². The minimum Gasteiger partial charge on any atom is -0.381 e. The first-order valence-electron chi connectivity index (χ1n) is 7.82. The van der Waals surface area contributed by atoms with Gasteiger partial charge in [-0.3, -0.25) is 4.99 Å². The number of hydrogen-bond donors (Lipinski definition) is 2. The Morgan fingerprint density at radius 3 is 2.50 bits per heavy atom. The highest BCUT2D eigenvalue weighted by Crippen LogP contribution is 2.28. The Bertz CT molecular complexity index is 254. The third-order valence-electron chi connectivity index (χ3n) is 3.74. The molecular formula is C15H32IN3O. The van der Waals surface area contributed by atoms with Crippen LogP contribution in [-0.4, -0.2) is 39.3 Å². The summed E-state index contributed by atoms with van der Waals surface area (Å²) >= 11 is 0. The van der Waals surface area contributed by atoms with Gasteiger partial charge in [0.15, 0.2) is 5.96 Å². The summed E-state index contributed by atoms with van der Waals surface area (Å²) in [4.78, 5) is 4.24. The molecule has 0 atom stereocenters. The Morgan fingerprint density at radius 1 is 1.25 bits per heavy atom. The van der Waals surface area contributed by atoms with E-state index >= 15 is 0 Å². The largest absolute Gasteiger partial charge is 0.381 e. The van der Waals surface area contributed by atoms with Crippen LogP contribution in [0.4, 0.5) is 0 Å². The maximum Gasteiger partial charge on any atom is 0.190 e.